The van der Waals surface area contributed by atoms with Crippen LogP contribution < -0.4 is 4.52 Å². The Labute approximate surface area is 112 Å². The van der Waals surface area contributed by atoms with Crippen molar-refractivity contribution in [3.63, 3.8) is 0 Å². The van der Waals surface area contributed by atoms with E-state index in [1.807, 2.05) is 30.3 Å². The first kappa shape index (κ1) is 17.6. The molecule has 0 radical (unpaired) electrons. The van der Waals surface area contributed by atoms with Crippen molar-refractivity contribution in [2.24, 2.45) is 0 Å². The predicted octanol–water partition coefficient (Wildman–Crippen LogP) is 3.05. The molecule has 0 aliphatic heterocycles. The molecule has 0 saturated carbocycles. The van der Waals surface area contributed by atoms with Crippen LogP contribution >= 0.6 is 8.60 Å². The van der Waals surface area contributed by atoms with Crippen molar-refractivity contribution in [1.29, 1.82) is 2.28 Å². The van der Waals surface area contributed by atoms with Crippen molar-refractivity contribution in [2.45, 2.75) is 0 Å². The Morgan fingerprint density at radius 2 is 1.53 bits per heavy atom. The van der Waals surface area contributed by atoms with Gasteiger partial charge in [0.2, 0.25) is 0 Å². The van der Waals surface area contributed by atoms with Gasteiger partial charge in [0.1, 0.15) is 5.75 Å². The Kier molecular flexibility index (Phi) is 14.4. The third-order valence-corrected chi connectivity index (χ3v) is 2.18. The first-order valence-electron chi connectivity index (χ1n) is 3.74. The molecule has 0 saturated heterocycles. The molecule has 0 aliphatic carbocycles. The van der Waals surface area contributed by atoms with Crippen LogP contribution in [0.25, 0.3) is 0 Å². The summed E-state index contributed by atoms with van der Waals surface area (Å²) in [7, 11) is 1.87. The average molecular weight is 304 g/mol. The first-order chi connectivity index (χ1) is 6.86. The van der Waals surface area contributed by atoms with Crippen LogP contribution in [0.2, 0.25) is 0 Å². The molecule has 0 unspecified atom stereocenters. The SMILES string of the molecule is COP(OC)Oc1ccccc1.[CH3-].[N]#[Y]. The second-order valence-corrected chi connectivity index (χ2v) is 3.35. The topological polar surface area (TPSA) is 51.5 Å². The number of rotatable bonds is 4. The molecule has 0 aromatic heterocycles. The molecule has 0 atom stereocenters. The molecule has 0 N–H and O–H groups in total. The summed E-state index contributed by atoms with van der Waals surface area (Å²) in [4.78, 5) is 0. The molecule has 6 heteroatoms. The molecule has 0 heterocycles. The molecule has 1 aromatic carbocycles. The van der Waals surface area contributed by atoms with Gasteiger partial charge in [0.25, 0.3) is 0 Å². The second kappa shape index (κ2) is 12.3. The summed E-state index contributed by atoms with van der Waals surface area (Å²) < 4.78 is 22.3. The number of hydrogen-bond donors (Lipinski definition) is 0. The van der Waals surface area contributed by atoms with E-state index in [1.54, 1.807) is 14.2 Å². The van der Waals surface area contributed by atoms with Crippen molar-refractivity contribution in [3.05, 3.63) is 37.8 Å². The molecule has 4 nitrogen and oxygen atoms in total. The quantitative estimate of drug-likeness (QED) is 0.634. The Hall–Kier alpha value is 0.184. The summed E-state index contributed by atoms with van der Waals surface area (Å²) in [5, 5.41) is 0. The van der Waals surface area contributed by atoms with E-state index >= 15 is 0 Å². The van der Waals surface area contributed by atoms with Crippen LogP contribution in [0.1, 0.15) is 0 Å². The fourth-order valence-electron chi connectivity index (χ4n) is 0.716. The van der Waals surface area contributed by atoms with E-state index in [-0.39, 0.29) is 7.43 Å². The van der Waals surface area contributed by atoms with Crippen LogP contribution in [0.4, 0.5) is 0 Å². The molecule has 0 amide bonds. The third-order valence-electron chi connectivity index (χ3n) is 1.22. The third kappa shape index (κ3) is 8.04. The van der Waals surface area contributed by atoms with Crippen molar-refractivity contribution >= 4 is 8.60 Å². The number of para-hydroxylation sites is 1. The van der Waals surface area contributed by atoms with Crippen molar-refractivity contribution in [1.82, 2.24) is 0 Å². The van der Waals surface area contributed by atoms with Gasteiger partial charge in [-0.1, -0.05) is 18.2 Å². The van der Waals surface area contributed by atoms with Crippen molar-refractivity contribution in [3.8, 4) is 5.75 Å². The zero-order chi connectivity index (χ0) is 10.8. The van der Waals surface area contributed by atoms with E-state index in [9.17, 15) is 0 Å². The van der Waals surface area contributed by atoms with Gasteiger partial charge in [-0.15, -0.1) is 0 Å². The van der Waals surface area contributed by atoms with E-state index in [1.165, 1.54) is 0 Å². The summed E-state index contributed by atoms with van der Waals surface area (Å²) in [5.41, 5.74) is 0. The van der Waals surface area contributed by atoms with Crippen LogP contribution in [0, 0.1) is 9.70 Å². The van der Waals surface area contributed by atoms with Gasteiger partial charge < -0.3 is 21.0 Å². The van der Waals surface area contributed by atoms with Crippen molar-refractivity contribution < 1.29 is 44.2 Å². The Morgan fingerprint density at radius 1 is 1.07 bits per heavy atom. The standard InChI is InChI=1S/C8H11O3P.CH3.N.Y/c1-9-12(10-2)11-8-6-4-3-5-7-8;;;/h3-7H,1-2H3;1H3;;/q;-1;;. The van der Waals surface area contributed by atoms with Crippen LogP contribution in [0.15, 0.2) is 30.3 Å². The van der Waals surface area contributed by atoms with Crippen molar-refractivity contribution in [2.75, 3.05) is 14.2 Å². The minimum atomic E-state index is -1.23. The molecule has 82 valence electrons. The molecule has 0 spiro atoms. The summed E-state index contributed by atoms with van der Waals surface area (Å²) >= 11 is 0.350. The number of benzene rings is 1. The van der Waals surface area contributed by atoms with Crippen LogP contribution in [0.5, 0.6) is 5.75 Å². The monoisotopic (exact) mass is 304 g/mol. The molecule has 0 bridgehead atoms. The zero-order valence-corrected chi connectivity index (χ0v) is 12.8. The fraction of sp³-hybridized carbons (Fsp3) is 0.222. The fourth-order valence-corrected chi connectivity index (χ4v) is 1.31. The molecule has 1 aromatic rings. The van der Waals surface area contributed by atoms with Gasteiger partial charge in [0, 0.05) is 14.2 Å². The van der Waals surface area contributed by atoms with Gasteiger partial charge in [0.15, 0.2) is 0 Å². The van der Waals surface area contributed by atoms with E-state index in [2.05, 4.69) is 0 Å². The van der Waals surface area contributed by atoms with Gasteiger partial charge in [-0.05, 0) is 12.1 Å². The van der Waals surface area contributed by atoms with Gasteiger partial charge in [-0.3, -0.25) is 0 Å². The minimum absolute atomic E-state index is 0. The maximum absolute atomic E-state index is 7.13. The summed E-state index contributed by atoms with van der Waals surface area (Å²) in [6, 6.07) is 9.43. The summed E-state index contributed by atoms with van der Waals surface area (Å²) in [5.74, 6) is 0.757. The van der Waals surface area contributed by atoms with E-state index in [0.717, 1.165) is 5.75 Å². The number of nitrogens with zero attached hydrogens (tertiary/aromatic N) is 1. The predicted molar refractivity (Wildman–Crippen MR) is 56.1 cm³/mol. The van der Waals surface area contributed by atoms with E-state index in [0.29, 0.717) is 30.6 Å². The van der Waals surface area contributed by atoms with Crippen LogP contribution in [-0.4, -0.2) is 14.2 Å². The van der Waals surface area contributed by atoms with Gasteiger partial charge in [0.05, 0.1) is 0 Å². The first-order valence-corrected chi connectivity index (χ1v) is 6.10. The average Bonchev–Trinajstić information content (AvgIpc) is 2.30. The van der Waals surface area contributed by atoms with Crippen LogP contribution in [-0.2, 0) is 39.7 Å². The molecular weight excluding hydrogens is 290 g/mol. The number of hydrogen-bond acceptors (Lipinski definition) is 4. The van der Waals surface area contributed by atoms with Crippen LogP contribution in [0.3, 0.4) is 0 Å². The molecule has 0 fully saturated rings. The molecule has 1 rings (SSSR count). The van der Waals surface area contributed by atoms with Gasteiger partial charge in [-0.25, -0.2) is 0 Å². The zero-order valence-electron chi connectivity index (χ0n) is 9.08. The van der Waals surface area contributed by atoms with Gasteiger partial charge >= 0.3 is 41.5 Å². The molecule has 15 heavy (non-hydrogen) atoms. The van der Waals surface area contributed by atoms with E-state index < -0.39 is 8.60 Å². The summed E-state index contributed by atoms with van der Waals surface area (Å²) in [6.45, 7) is 0. The normalized spacial score (nSPS) is 8.53. The summed E-state index contributed by atoms with van der Waals surface area (Å²) in [6.07, 6.45) is 0. The van der Waals surface area contributed by atoms with Gasteiger partial charge in [-0.2, -0.15) is 0 Å². The maximum atomic E-state index is 7.13. The Balaban J connectivity index is 0. The second-order valence-electron chi connectivity index (χ2n) is 1.99. The molecule has 0 aliphatic rings. The Bertz CT molecular complexity index is 254. The Morgan fingerprint density at radius 3 is 1.93 bits per heavy atom. The molecular formula is C9H14NO3PY-. The van der Waals surface area contributed by atoms with E-state index in [4.69, 9.17) is 15.8 Å².